The van der Waals surface area contributed by atoms with Crippen LogP contribution in [0.15, 0.2) is 22.8 Å². The summed E-state index contributed by atoms with van der Waals surface area (Å²) in [6, 6.07) is 3.36. The summed E-state index contributed by atoms with van der Waals surface area (Å²) >= 11 is 1.40. The molecule has 0 saturated carbocycles. The molecule has 8 heteroatoms. The Morgan fingerprint density at radius 3 is 2.90 bits per heavy atom. The number of piperidine rings is 1. The van der Waals surface area contributed by atoms with Crippen LogP contribution in [0.1, 0.15) is 64.0 Å². The van der Waals surface area contributed by atoms with Gasteiger partial charge in [-0.25, -0.2) is 4.79 Å². The summed E-state index contributed by atoms with van der Waals surface area (Å²) in [5.41, 5.74) is 1.30. The number of nitrogens with zero attached hydrogens (tertiary/aromatic N) is 1. The number of likely N-dealkylation sites (tertiary alicyclic amines) is 1. The van der Waals surface area contributed by atoms with Crippen LogP contribution in [0.25, 0.3) is 0 Å². The molecule has 0 aromatic carbocycles. The second-order valence-electron chi connectivity index (χ2n) is 7.50. The first-order chi connectivity index (χ1) is 14.0. The number of nitrogens with one attached hydrogen (secondary N) is 1. The number of hydrogen-bond donors (Lipinski definition) is 1. The van der Waals surface area contributed by atoms with Crippen molar-refractivity contribution >= 4 is 34.1 Å². The number of carbonyl (C=O) groups excluding carboxylic acids is 3. The lowest BCUT2D eigenvalue weighted by Crippen LogP contribution is -2.44. The second-order valence-corrected chi connectivity index (χ2v) is 8.61. The topological polar surface area (TPSA) is 88.9 Å². The van der Waals surface area contributed by atoms with Crippen LogP contribution in [0.3, 0.4) is 0 Å². The van der Waals surface area contributed by atoms with Gasteiger partial charge in [-0.15, -0.1) is 11.3 Å². The molecule has 3 heterocycles. The number of aryl methyl sites for hydroxylation is 1. The first-order valence-corrected chi connectivity index (χ1v) is 10.8. The number of esters is 1. The molecule has 1 atom stereocenters. The fourth-order valence-corrected chi connectivity index (χ4v) is 5.30. The van der Waals surface area contributed by atoms with Gasteiger partial charge in [-0.2, -0.15) is 0 Å². The molecular weight excluding hydrogens is 392 g/mol. The Bertz CT molecular complexity index is 918. The molecule has 2 aromatic heterocycles. The smallest absolute Gasteiger partial charge is 0.341 e. The van der Waals surface area contributed by atoms with Crippen molar-refractivity contribution in [1.29, 1.82) is 0 Å². The fourth-order valence-electron chi connectivity index (χ4n) is 4.03. The van der Waals surface area contributed by atoms with E-state index >= 15 is 0 Å². The van der Waals surface area contributed by atoms with Gasteiger partial charge in [-0.1, -0.05) is 0 Å². The average Bonchev–Trinajstić information content (AvgIpc) is 3.43. The van der Waals surface area contributed by atoms with E-state index in [1.54, 1.807) is 17.0 Å². The average molecular weight is 416 g/mol. The van der Waals surface area contributed by atoms with Crippen LogP contribution in [0.5, 0.6) is 0 Å². The number of fused-ring (bicyclic) bond motifs is 1. The van der Waals surface area contributed by atoms with Crippen LogP contribution in [0, 0.1) is 0 Å². The van der Waals surface area contributed by atoms with Gasteiger partial charge in [0.25, 0.3) is 11.8 Å². The van der Waals surface area contributed by atoms with Crippen LogP contribution >= 0.6 is 11.3 Å². The van der Waals surface area contributed by atoms with Gasteiger partial charge >= 0.3 is 5.97 Å². The van der Waals surface area contributed by atoms with E-state index in [0.717, 1.165) is 49.0 Å². The second kappa shape index (κ2) is 8.41. The third kappa shape index (κ3) is 4.07. The Morgan fingerprint density at radius 1 is 1.28 bits per heavy atom. The molecule has 1 aliphatic carbocycles. The van der Waals surface area contributed by atoms with Crippen LogP contribution in [0.2, 0.25) is 0 Å². The zero-order valence-corrected chi connectivity index (χ0v) is 17.2. The molecule has 29 heavy (non-hydrogen) atoms. The molecular formula is C21H24N2O5S. The minimum absolute atomic E-state index is 0.168. The first kappa shape index (κ1) is 19.7. The van der Waals surface area contributed by atoms with E-state index in [-0.39, 0.29) is 24.3 Å². The van der Waals surface area contributed by atoms with E-state index in [1.165, 1.54) is 17.6 Å². The molecule has 2 aliphatic rings. The van der Waals surface area contributed by atoms with Crippen molar-refractivity contribution in [2.45, 2.75) is 51.5 Å². The van der Waals surface area contributed by atoms with Gasteiger partial charge in [0, 0.05) is 17.5 Å². The highest BCUT2D eigenvalue weighted by Crippen LogP contribution is 2.39. The SMILES string of the molecule is C[C@@H]1CCCCN1C(=O)COC(=O)c1c(NC(=O)c2ccco2)sc2c1CCC2. The fraction of sp³-hybridized carbons (Fsp3) is 0.476. The van der Waals surface area contributed by atoms with Crippen LogP contribution < -0.4 is 5.32 Å². The summed E-state index contributed by atoms with van der Waals surface area (Å²) < 4.78 is 10.5. The monoisotopic (exact) mass is 416 g/mol. The van der Waals surface area contributed by atoms with E-state index < -0.39 is 11.9 Å². The van der Waals surface area contributed by atoms with Gasteiger partial charge < -0.3 is 19.4 Å². The number of thiophene rings is 1. The van der Waals surface area contributed by atoms with Crippen LogP contribution in [-0.2, 0) is 22.4 Å². The van der Waals surface area contributed by atoms with Crippen molar-refractivity contribution in [1.82, 2.24) is 4.90 Å². The highest BCUT2D eigenvalue weighted by molar-refractivity contribution is 7.17. The van der Waals surface area contributed by atoms with Crippen molar-refractivity contribution in [3.63, 3.8) is 0 Å². The molecule has 154 valence electrons. The van der Waals surface area contributed by atoms with Crippen LogP contribution in [0.4, 0.5) is 5.00 Å². The van der Waals surface area contributed by atoms with Crippen LogP contribution in [-0.4, -0.2) is 41.9 Å². The highest BCUT2D eigenvalue weighted by atomic mass is 32.1. The van der Waals surface area contributed by atoms with E-state index in [9.17, 15) is 14.4 Å². The number of amides is 2. The van der Waals surface area contributed by atoms with E-state index in [0.29, 0.717) is 17.1 Å². The maximum Gasteiger partial charge on any atom is 0.341 e. The van der Waals surface area contributed by atoms with Gasteiger partial charge in [0.15, 0.2) is 12.4 Å². The Hall–Kier alpha value is -2.61. The van der Waals surface area contributed by atoms with Gasteiger partial charge in [0.05, 0.1) is 11.8 Å². The molecule has 0 spiro atoms. The summed E-state index contributed by atoms with van der Waals surface area (Å²) in [6.45, 7) is 2.45. The lowest BCUT2D eigenvalue weighted by molar-refractivity contribution is -0.137. The summed E-state index contributed by atoms with van der Waals surface area (Å²) in [5, 5.41) is 3.23. The number of furan rings is 1. The summed E-state index contributed by atoms with van der Waals surface area (Å²) in [7, 11) is 0. The molecule has 1 saturated heterocycles. The number of hydrogen-bond acceptors (Lipinski definition) is 6. The molecule has 2 amide bonds. The van der Waals surface area contributed by atoms with E-state index in [4.69, 9.17) is 9.15 Å². The normalized spacial score (nSPS) is 18.4. The third-order valence-corrected chi connectivity index (χ3v) is 6.75. The number of rotatable bonds is 5. The standard InChI is InChI=1S/C21H24N2O5S/c1-13-6-2-3-10-23(13)17(24)12-28-21(26)18-14-7-4-9-16(14)29-20(18)22-19(25)15-8-5-11-27-15/h5,8,11,13H,2-4,6-7,9-10,12H2,1H3,(H,22,25)/t13-/m1/s1. The van der Waals surface area contributed by atoms with E-state index in [2.05, 4.69) is 5.32 Å². The molecule has 1 aliphatic heterocycles. The predicted octanol–water partition coefficient (Wildman–Crippen LogP) is 3.64. The van der Waals surface area contributed by atoms with Gasteiger partial charge in [-0.3, -0.25) is 9.59 Å². The zero-order valence-electron chi connectivity index (χ0n) is 16.4. The number of ether oxygens (including phenoxy) is 1. The summed E-state index contributed by atoms with van der Waals surface area (Å²) in [5.74, 6) is -0.968. The summed E-state index contributed by atoms with van der Waals surface area (Å²) in [6.07, 6.45) is 7.10. The molecule has 0 unspecified atom stereocenters. The molecule has 7 nitrogen and oxygen atoms in total. The largest absolute Gasteiger partial charge is 0.459 e. The molecule has 1 N–H and O–H groups in total. The lowest BCUT2D eigenvalue weighted by atomic mass is 10.0. The van der Waals surface area contributed by atoms with Gasteiger partial charge in [0.2, 0.25) is 0 Å². The molecule has 4 rings (SSSR count). The molecule has 1 fully saturated rings. The minimum Gasteiger partial charge on any atom is -0.459 e. The summed E-state index contributed by atoms with van der Waals surface area (Å²) in [4.78, 5) is 40.6. The number of carbonyl (C=O) groups is 3. The minimum atomic E-state index is -0.558. The van der Waals surface area contributed by atoms with Gasteiger partial charge in [-0.05, 0) is 63.1 Å². The van der Waals surface area contributed by atoms with Crippen molar-refractivity contribution in [3.8, 4) is 0 Å². The van der Waals surface area contributed by atoms with Crippen molar-refractivity contribution < 1.29 is 23.5 Å². The number of anilines is 1. The zero-order chi connectivity index (χ0) is 20.4. The Kier molecular flexibility index (Phi) is 5.71. The Balaban J connectivity index is 1.47. The third-order valence-electron chi connectivity index (χ3n) is 5.55. The van der Waals surface area contributed by atoms with Gasteiger partial charge in [0.1, 0.15) is 5.00 Å². The van der Waals surface area contributed by atoms with Crippen molar-refractivity contribution in [2.24, 2.45) is 0 Å². The quantitative estimate of drug-likeness (QED) is 0.752. The van der Waals surface area contributed by atoms with E-state index in [1.807, 2.05) is 6.92 Å². The molecule has 0 bridgehead atoms. The van der Waals surface area contributed by atoms with Crippen molar-refractivity contribution in [3.05, 3.63) is 40.2 Å². The Morgan fingerprint density at radius 2 is 2.14 bits per heavy atom. The first-order valence-electron chi connectivity index (χ1n) is 10.0. The highest BCUT2D eigenvalue weighted by Gasteiger charge is 2.30. The lowest BCUT2D eigenvalue weighted by Gasteiger charge is -2.33. The maximum atomic E-state index is 12.9. The predicted molar refractivity (Wildman–Crippen MR) is 108 cm³/mol. The van der Waals surface area contributed by atoms with Crippen molar-refractivity contribution in [2.75, 3.05) is 18.5 Å². The molecule has 0 radical (unpaired) electrons. The molecule has 2 aromatic rings. The Labute approximate surface area is 173 Å². The maximum absolute atomic E-state index is 12.9.